The van der Waals surface area contributed by atoms with Crippen LogP contribution < -0.4 is 5.73 Å². The van der Waals surface area contributed by atoms with Crippen LogP contribution in [0.15, 0.2) is 54.9 Å². The first-order valence-corrected chi connectivity index (χ1v) is 12.9. The Kier molecular flexibility index (Phi) is 7.40. The lowest BCUT2D eigenvalue weighted by atomic mass is 9.76. The Morgan fingerprint density at radius 1 is 1.08 bits per heavy atom. The van der Waals surface area contributed by atoms with Gasteiger partial charge in [0.25, 0.3) is 0 Å². The number of nitrogens with zero attached hydrogens (tertiary/aromatic N) is 4. The minimum Gasteiger partial charge on any atom is -0.479 e. The molecule has 1 saturated carbocycles. The summed E-state index contributed by atoms with van der Waals surface area (Å²) in [6.07, 6.45) is 4.99. The van der Waals surface area contributed by atoms with E-state index in [0.717, 1.165) is 22.4 Å². The van der Waals surface area contributed by atoms with Crippen molar-refractivity contribution in [1.82, 2.24) is 19.6 Å². The Labute approximate surface area is 225 Å². The van der Waals surface area contributed by atoms with Crippen molar-refractivity contribution in [3.63, 3.8) is 0 Å². The number of aliphatic carboxylic acids is 1. The molecule has 0 aliphatic heterocycles. The van der Waals surface area contributed by atoms with Crippen molar-refractivity contribution >= 4 is 23.2 Å². The maximum absolute atomic E-state index is 12.7. The second-order valence-corrected chi connectivity index (χ2v) is 9.82. The van der Waals surface area contributed by atoms with Crippen LogP contribution in [0.1, 0.15) is 54.6 Å². The molecule has 0 saturated heterocycles. The molecular formula is C29H31N5O5. The van der Waals surface area contributed by atoms with Gasteiger partial charge in [-0.25, -0.2) is 9.78 Å². The third-order valence-electron chi connectivity index (χ3n) is 7.44. The van der Waals surface area contributed by atoms with Gasteiger partial charge in [0.2, 0.25) is 0 Å². The Morgan fingerprint density at radius 3 is 2.44 bits per heavy atom. The van der Waals surface area contributed by atoms with Crippen LogP contribution in [-0.2, 0) is 14.3 Å². The fourth-order valence-corrected chi connectivity index (χ4v) is 5.32. The highest BCUT2D eigenvalue weighted by molar-refractivity contribution is 6.00. The molecule has 0 unspecified atom stereocenters. The highest BCUT2D eigenvalue weighted by Gasteiger charge is 2.44. The molecule has 3 N–H and O–H groups in total. The number of pyridine rings is 1. The number of carboxylic acid groups (broad SMARTS) is 1. The topological polar surface area (TPSA) is 142 Å². The van der Waals surface area contributed by atoms with Crippen LogP contribution in [-0.4, -0.2) is 62.4 Å². The molecule has 3 heterocycles. The number of ether oxygens (including phenoxy) is 2. The zero-order valence-corrected chi connectivity index (χ0v) is 22.0. The van der Waals surface area contributed by atoms with Gasteiger partial charge in [-0.05, 0) is 38.7 Å². The van der Waals surface area contributed by atoms with Gasteiger partial charge in [0.1, 0.15) is 5.82 Å². The fraction of sp³-hybridized carbons (Fsp3) is 0.345. The molecule has 3 aromatic heterocycles. The number of rotatable bonds is 9. The molecule has 39 heavy (non-hydrogen) atoms. The maximum Gasteiger partial charge on any atom is 0.335 e. The lowest BCUT2D eigenvalue weighted by Gasteiger charge is -2.37. The van der Waals surface area contributed by atoms with Gasteiger partial charge in [-0.3, -0.25) is 9.78 Å². The van der Waals surface area contributed by atoms with Crippen LogP contribution in [0.2, 0.25) is 0 Å². The van der Waals surface area contributed by atoms with Crippen LogP contribution >= 0.6 is 0 Å². The minimum atomic E-state index is -1.28. The van der Waals surface area contributed by atoms with E-state index < -0.39 is 11.6 Å². The van der Waals surface area contributed by atoms with E-state index in [1.54, 1.807) is 19.5 Å². The molecule has 4 aromatic rings. The van der Waals surface area contributed by atoms with Crippen molar-refractivity contribution in [3.8, 4) is 22.4 Å². The van der Waals surface area contributed by atoms with Gasteiger partial charge < -0.3 is 20.3 Å². The number of hydrogen-bond donors (Lipinski definition) is 2. The van der Waals surface area contributed by atoms with Crippen molar-refractivity contribution in [3.05, 3.63) is 66.1 Å². The molecule has 0 amide bonds. The summed E-state index contributed by atoms with van der Waals surface area (Å²) in [5, 5.41) is 14.4. The maximum atomic E-state index is 12.7. The summed E-state index contributed by atoms with van der Waals surface area (Å²) in [7, 11) is 1.54. The number of anilines is 1. The van der Waals surface area contributed by atoms with Crippen molar-refractivity contribution in [2.24, 2.45) is 0 Å². The van der Waals surface area contributed by atoms with Crippen LogP contribution in [0, 0.1) is 0 Å². The van der Waals surface area contributed by atoms with E-state index in [-0.39, 0.29) is 37.0 Å². The highest BCUT2D eigenvalue weighted by Crippen LogP contribution is 2.42. The van der Waals surface area contributed by atoms with E-state index in [1.807, 2.05) is 42.5 Å². The van der Waals surface area contributed by atoms with Gasteiger partial charge in [0, 0.05) is 35.9 Å². The molecule has 0 spiro atoms. The van der Waals surface area contributed by atoms with Crippen molar-refractivity contribution in [2.45, 2.75) is 44.1 Å². The van der Waals surface area contributed by atoms with E-state index in [4.69, 9.17) is 20.2 Å². The number of methoxy groups -OCH3 is 1. The standard InChI is InChI=1S/C29H31N5O5/c1-18(35)24-25(20-10-12-29(13-11-20,28(36)37)39-15-14-38-2)33-27-22(17-32-34(27)26(24)30)21-8-9-23(31-16-21)19-6-4-3-5-7-19/h3-9,16-17,20H,10-15,30H2,1-2H3,(H,36,37)/t20-,29-. The van der Waals surface area contributed by atoms with E-state index >= 15 is 0 Å². The number of Topliss-reactive ketones (excluding diaryl/α,β-unsaturated/α-hetero) is 1. The quantitative estimate of drug-likeness (QED) is 0.238. The molecule has 1 aliphatic carbocycles. The minimum absolute atomic E-state index is 0.156. The molecule has 0 bridgehead atoms. The Morgan fingerprint density at radius 2 is 1.82 bits per heavy atom. The van der Waals surface area contributed by atoms with Gasteiger partial charge in [0.15, 0.2) is 17.0 Å². The first-order valence-electron chi connectivity index (χ1n) is 12.9. The largest absolute Gasteiger partial charge is 0.479 e. The molecule has 1 aromatic carbocycles. The molecule has 0 radical (unpaired) electrons. The Balaban J connectivity index is 1.50. The number of carbonyl (C=O) groups excluding carboxylic acids is 1. The smallest absolute Gasteiger partial charge is 0.335 e. The Bertz CT molecular complexity index is 1490. The fourth-order valence-electron chi connectivity index (χ4n) is 5.32. The van der Waals surface area contributed by atoms with E-state index in [0.29, 0.717) is 36.4 Å². The lowest BCUT2D eigenvalue weighted by Crippen LogP contribution is -2.45. The summed E-state index contributed by atoms with van der Waals surface area (Å²) >= 11 is 0. The zero-order valence-electron chi connectivity index (χ0n) is 22.0. The summed E-state index contributed by atoms with van der Waals surface area (Å²) in [5.74, 6) is -1.14. The van der Waals surface area contributed by atoms with Gasteiger partial charge in [0.05, 0.1) is 36.4 Å². The average Bonchev–Trinajstić information content (AvgIpc) is 3.38. The summed E-state index contributed by atoms with van der Waals surface area (Å²) in [4.78, 5) is 34.4. The zero-order chi connectivity index (χ0) is 27.6. The molecule has 5 rings (SSSR count). The normalized spacial score (nSPS) is 19.3. The number of nitrogen functional groups attached to an aromatic ring is 1. The third kappa shape index (κ3) is 5.00. The number of hydrogen-bond acceptors (Lipinski definition) is 8. The van der Waals surface area contributed by atoms with Crippen molar-refractivity contribution in [1.29, 1.82) is 0 Å². The molecular weight excluding hydrogens is 498 g/mol. The van der Waals surface area contributed by atoms with E-state index in [2.05, 4.69) is 10.1 Å². The van der Waals surface area contributed by atoms with Gasteiger partial charge in [-0.2, -0.15) is 9.61 Å². The van der Waals surface area contributed by atoms with Crippen molar-refractivity contribution in [2.75, 3.05) is 26.1 Å². The predicted molar refractivity (Wildman–Crippen MR) is 145 cm³/mol. The van der Waals surface area contributed by atoms with Gasteiger partial charge in [-0.15, -0.1) is 0 Å². The number of fused-ring (bicyclic) bond motifs is 1. The monoisotopic (exact) mass is 529 g/mol. The molecule has 10 nitrogen and oxygen atoms in total. The number of nitrogens with two attached hydrogens (primary N) is 1. The van der Waals surface area contributed by atoms with Crippen molar-refractivity contribution < 1.29 is 24.2 Å². The van der Waals surface area contributed by atoms with Gasteiger partial charge in [-0.1, -0.05) is 36.4 Å². The van der Waals surface area contributed by atoms with Crippen LogP contribution in [0.3, 0.4) is 0 Å². The first-order chi connectivity index (χ1) is 18.8. The van der Waals surface area contributed by atoms with E-state index in [9.17, 15) is 14.7 Å². The lowest BCUT2D eigenvalue weighted by molar-refractivity contribution is -0.173. The third-order valence-corrected chi connectivity index (χ3v) is 7.44. The molecule has 0 atom stereocenters. The van der Waals surface area contributed by atoms with Gasteiger partial charge >= 0.3 is 5.97 Å². The highest BCUT2D eigenvalue weighted by atomic mass is 16.5. The average molecular weight is 530 g/mol. The SMILES string of the molecule is COCCO[C@]1(C(=O)O)CC[C@@H](c2nc3c(-c4ccc(-c5ccccc5)nc4)cnn3c(N)c2C(C)=O)CC1. The number of carbonyl (C=O) groups is 2. The number of ketones is 1. The first kappa shape index (κ1) is 26.5. The number of benzene rings is 1. The summed E-state index contributed by atoms with van der Waals surface area (Å²) in [5.41, 5.74) is 10.0. The summed E-state index contributed by atoms with van der Waals surface area (Å²) in [6.45, 7) is 1.96. The molecule has 10 heteroatoms. The van der Waals surface area contributed by atoms with E-state index in [1.165, 1.54) is 11.4 Å². The summed E-state index contributed by atoms with van der Waals surface area (Å²) < 4.78 is 12.3. The second kappa shape index (κ2) is 10.9. The van der Waals surface area contributed by atoms with Crippen LogP contribution in [0.4, 0.5) is 5.82 Å². The second-order valence-electron chi connectivity index (χ2n) is 9.82. The molecule has 202 valence electrons. The van der Waals surface area contributed by atoms with Crippen LogP contribution in [0.25, 0.3) is 28.0 Å². The molecule has 1 fully saturated rings. The van der Waals surface area contributed by atoms with Crippen LogP contribution in [0.5, 0.6) is 0 Å². The number of aromatic nitrogens is 4. The molecule has 1 aliphatic rings. The predicted octanol–water partition coefficient (Wildman–Crippen LogP) is 4.39. The summed E-state index contributed by atoms with van der Waals surface area (Å²) in [6, 6.07) is 13.8. The Hall–Kier alpha value is -4.15. The number of carboxylic acids is 1.